The molecule has 4 heteroatoms. The van der Waals surface area contributed by atoms with Crippen molar-refractivity contribution in [3.63, 3.8) is 0 Å². The van der Waals surface area contributed by atoms with E-state index in [2.05, 4.69) is 18.3 Å². The molecule has 2 aromatic carbocycles. The van der Waals surface area contributed by atoms with E-state index in [1.165, 1.54) is 17.2 Å². The largest absolute Gasteiger partial charge is 0.488 e. The third-order valence-electron chi connectivity index (χ3n) is 3.41. The van der Waals surface area contributed by atoms with Gasteiger partial charge in [0.2, 0.25) is 0 Å². The Hall–Kier alpha value is -1.74. The normalized spacial score (nSPS) is 16.6. The summed E-state index contributed by atoms with van der Waals surface area (Å²) in [7, 11) is 0. The van der Waals surface area contributed by atoms with Crippen molar-refractivity contribution in [2.45, 2.75) is 19.4 Å². The highest BCUT2D eigenvalue weighted by Gasteiger charge is 2.22. The average molecular weight is 292 g/mol. The zero-order chi connectivity index (χ0) is 14.1. The summed E-state index contributed by atoms with van der Waals surface area (Å²) in [6.45, 7) is 2.74. The molecule has 20 heavy (non-hydrogen) atoms. The maximum absolute atomic E-state index is 13.1. The van der Waals surface area contributed by atoms with Crippen molar-refractivity contribution in [1.29, 1.82) is 0 Å². The summed E-state index contributed by atoms with van der Waals surface area (Å²) in [6, 6.07) is 10.8. The average Bonchev–Trinajstić information content (AvgIpc) is 2.82. The maximum atomic E-state index is 13.1. The second-order valence-electron chi connectivity index (χ2n) is 5.06. The molecule has 0 amide bonds. The van der Waals surface area contributed by atoms with Crippen LogP contribution in [0.4, 0.5) is 10.1 Å². The van der Waals surface area contributed by atoms with Gasteiger partial charge in [0.15, 0.2) is 0 Å². The van der Waals surface area contributed by atoms with E-state index >= 15 is 0 Å². The highest BCUT2D eigenvalue weighted by atomic mass is 35.5. The van der Waals surface area contributed by atoms with Crippen LogP contribution in [0.3, 0.4) is 0 Å². The number of halogens is 2. The van der Waals surface area contributed by atoms with Crippen LogP contribution in [0, 0.1) is 12.7 Å². The molecular formula is C16H15ClFNO. The topological polar surface area (TPSA) is 21.3 Å². The van der Waals surface area contributed by atoms with E-state index in [0.717, 1.165) is 17.9 Å². The maximum Gasteiger partial charge on any atom is 0.141 e. The number of hydrogen-bond donors (Lipinski definition) is 1. The van der Waals surface area contributed by atoms with Crippen molar-refractivity contribution in [1.82, 2.24) is 0 Å². The summed E-state index contributed by atoms with van der Waals surface area (Å²) >= 11 is 5.75. The first-order chi connectivity index (χ1) is 9.61. The molecule has 2 aromatic rings. The van der Waals surface area contributed by atoms with Crippen molar-refractivity contribution in [3.8, 4) is 5.75 Å². The standard InChI is InChI=1S/C16H15ClFNO/c1-10-2-5-16-11(6-10)7-13(20-16)9-19-12-3-4-15(18)14(17)8-12/h2-6,8,13,19H,7,9H2,1H3. The van der Waals surface area contributed by atoms with Crippen LogP contribution in [0.1, 0.15) is 11.1 Å². The molecule has 0 aliphatic carbocycles. The fourth-order valence-electron chi connectivity index (χ4n) is 2.40. The van der Waals surface area contributed by atoms with E-state index in [1.807, 2.05) is 12.1 Å². The fourth-order valence-corrected chi connectivity index (χ4v) is 2.58. The van der Waals surface area contributed by atoms with Crippen LogP contribution in [-0.2, 0) is 6.42 Å². The highest BCUT2D eigenvalue weighted by Crippen LogP contribution is 2.29. The number of ether oxygens (including phenoxy) is 1. The lowest BCUT2D eigenvalue weighted by molar-refractivity contribution is 0.246. The molecule has 1 aliphatic rings. The Morgan fingerprint density at radius 1 is 1.30 bits per heavy atom. The van der Waals surface area contributed by atoms with Gasteiger partial charge in [-0.3, -0.25) is 0 Å². The lowest BCUT2D eigenvalue weighted by atomic mass is 10.1. The Labute approximate surface area is 122 Å². The minimum absolute atomic E-state index is 0.0932. The summed E-state index contributed by atoms with van der Waals surface area (Å²) in [6.07, 6.45) is 0.981. The molecule has 3 rings (SSSR count). The Balaban J connectivity index is 1.62. The molecule has 0 aromatic heterocycles. The van der Waals surface area contributed by atoms with Crippen LogP contribution in [0.2, 0.25) is 5.02 Å². The van der Waals surface area contributed by atoms with Gasteiger partial charge in [-0.15, -0.1) is 0 Å². The van der Waals surface area contributed by atoms with E-state index < -0.39 is 5.82 Å². The molecule has 1 unspecified atom stereocenters. The van der Waals surface area contributed by atoms with Crippen molar-refractivity contribution in [2.24, 2.45) is 0 Å². The molecule has 104 valence electrons. The summed E-state index contributed by atoms with van der Waals surface area (Å²) in [5.41, 5.74) is 3.28. The number of benzene rings is 2. The minimum atomic E-state index is -0.405. The zero-order valence-corrected chi connectivity index (χ0v) is 11.9. The Morgan fingerprint density at radius 3 is 2.95 bits per heavy atom. The first-order valence-electron chi connectivity index (χ1n) is 6.57. The van der Waals surface area contributed by atoms with Crippen LogP contribution in [0.25, 0.3) is 0 Å². The molecule has 2 nitrogen and oxygen atoms in total. The van der Waals surface area contributed by atoms with Crippen LogP contribution in [0.5, 0.6) is 5.75 Å². The van der Waals surface area contributed by atoms with Gasteiger partial charge in [-0.2, -0.15) is 0 Å². The van der Waals surface area contributed by atoms with E-state index in [1.54, 1.807) is 12.1 Å². The van der Waals surface area contributed by atoms with Crippen LogP contribution < -0.4 is 10.1 Å². The molecule has 1 aliphatic heterocycles. The Kier molecular flexibility index (Phi) is 3.53. The second kappa shape index (κ2) is 5.33. The number of fused-ring (bicyclic) bond motifs is 1. The van der Waals surface area contributed by atoms with E-state index in [-0.39, 0.29) is 11.1 Å². The molecule has 0 radical (unpaired) electrons. The molecule has 0 spiro atoms. The SMILES string of the molecule is Cc1ccc2c(c1)CC(CNc1ccc(F)c(Cl)c1)O2. The van der Waals surface area contributed by atoms with Gasteiger partial charge in [-0.25, -0.2) is 4.39 Å². The predicted octanol–water partition coefficient (Wildman–Crippen LogP) is 4.20. The molecule has 1 N–H and O–H groups in total. The van der Waals surface area contributed by atoms with Gasteiger partial charge in [-0.1, -0.05) is 29.3 Å². The Bertz CT molecular complexity index is 644. The molecule has 1 atom stereocenters. The highest BCUT2D eigenvalue weighted by molar-refractivity contribution is 6.31. The van der Waals surface area contributed by atoms with Gasteiger partial charge in [0, 0.05) is 12.1 Å². The lowest BCUT2D eigenvalue weighted by Crippen LogP contribution is -2.23. The lowest BCUT2D eigenvalue weighted by Gasteiger charge is -2.13. The molecule has 0 saturated heterocycles. The number of rotatable bonds is 3. The van der Waals surface area contributed by atoms with Crippen LogP contribution in [-0.4, -0.2) is 12.6 Å². The third kappa shape index (κ3) is 2.73. The second-order valence-corrected chi connectivity index (χ2v) is 5.47. The van der Waals surface area contributed by atoms with Gasteiger partial charge in [0.25, 0.3) is 0 Å². The van der Waals surface area contributed by atoms with Crippen molar-refractivity contribution >= 4 is 17.3 Å². The van der Waals surface area contributed by atoms with Gasteiger partial charge in [0.05, 0.1) is 11.6 Å². The predicted molar refractivity (Wildman–Crippen MR) is 79.2 cm³/mol. The van der Waals surface area contributed by atoms with E-state index in [0.29, 0.717) is 6.54 Å². The summed E-state index contributed by atoms with van der Waals surface area (Å²) in [5.74, 6) is 0.553. The molecular weight excluding hydrogens is 277 g/mol. The van der Waals surface area contributed by atoms with Crippen molar-refractivity contribution in [3.05, 3.63) is 58.4 Å². The number of nitrogens with one attached hydrogen (secondary N) is 1. The Morgan fingerprint density at radius 2 is 2.15 bits per heavy atom. The smallest absolute Gasteiger partial charge is 0.141 e. The minimum Gasteiger partial charge on any atom is -0.488 e. The van der Waals surface area contributed by atoms with Crippen molar-refractivity contribution < 1.29 is 9.13 Å². The van der Waals surface area contributed by atoms with Crippen LogP contribution in [0.15, 0.2) is 36.4 Å². The number of aryl methyl sites for hydroxylation is 1. The first-order valence-corrected chi connectivity index (χ1v) is 6.95. The van der Waals surface area contributed by atoms with Gasteiger partial charge < -0.3 is 10.1 Å². The zero-order valence-electron chi connectivity index (χ0n) is 11.1. The summed E-state index contributed by atoms with van der Waals surface area (Å²) in [5, 5.41) is 3.35. The molecule has 0 fully saturated rings. The van der Waals surface area contributed by atoms with E-state index in [9.17, 15) is 4.39 Å². The monoisotopic (exact) mass is 291 g/mol. The number of anilines is 1. The number of hydrogen-bond acceptors (Lipinski definition) is 2. The van der Waals surface area contributed by atoms with Gasteiger partial charge in [0.1, 0.15) is 17.7 Å². The fraction of sp³-hybridized carbons (Fsp3) is 0.250. The van der Waals surface area contributed by atoms with Crippen LogP contribution >= 0.6 is 11.6 Å². The summed E-state index contributed by atoms with van der Waals surface area (Å²) < 4.78 is 18.9. The third-order valence-corrected chi connectivity index (χ3v) is 3.70. The van der Waals surface area contributed by atoms with Crippen molar-refractivity contribution in [2.75, 3.05) is 11.9 Å². The molecule has 0 saturated carbocycles. The quantitative estimate of drug-likeness (QED) is 0.915. The summed E-state index contributed by atoms with van der Waals surface area (Å²) in [4.78, 5) is 0. The first kappa shape index (κ1) is 13.3. The van der Waals surface area contributed by atoms with E-state index in [4.69, 9.17) is 16.3 Å². The molecule has 0 bridgehead atoms. The van der Waals surface area contributed by atoms with Gasteiger partial charge in [-0.05, 0) is 36.8 Å². The van der Waals surface area contributed by atoms with Gasteiger partial charge >= 0.3 is 0 Å². The molecule has 1 heterocycles.